The highest BCUT2D eigenvalue weighted by Crippen LogP contribution is 2.61. The van der Waals surface area contributed by atoms with Gasteiger partial charge in [0.15, 0.2) is 11.5 Å². The molecule has 0 spiro atoms. The lowest BCUT2D eigenvalue weighted by Crippen LogP contribution is -2.56. The molecule has 4 aliphatic rings. The Morgan fingerprint density at radius 3 is 2.44 bits per heavy atom. The van der Waals surface area contributed by atoms with Crippen LogP contribution >= 0.6 is 15.9 Å². The van der Waals surface area contributed by atoms with Gasteiger partial charge >= 0.3 is 0 Å². The van der Waals surface area contributed by atoms with E-state index in [1.165, 1.54) is 31.2 Å². The molecule has 0 radical (unpaired) electrons. The van der Waals surface area contributed by atoms with Crippen LogP contribution in [0.2, 0.25) is 0 Å². The molecule has 0 aromatic heterocycles. The molecule has 5 rings (SSSR count). The summed E-state index contributed by atoms with van der Waals surface area (Å²) in [7, 11) is 3.37. The van der Waals surface area contributed by atoms with Gasteiger partial charge in [-0.25, -0.2) is 0 Å². The van der Waals surface area contributed by atoms with Crippen LogP contribution in [0.5, 0.6) is 11.5 Å². The van der Waals surface area contributed by atoms with Crippen LogP contribution in [0.15, 0.2) is 16.6 Å². The van der Waals surface area contributed by atoms with Crippen molar-refractivity contribution in [2.45, 2.75) is 46.1 Å². The molecule has 1 aromatic rings. The molecule has 32 heavy (non-hydrogen) atoms. The van der Waals surface area contributed by atoms with E-state index in [4.69, 9.17) is 18.9 Å². The topological polar surface area (TPSA) is 36.9 Å². The number of nitrogens with zero attached hydrogens (tertiary/aromatic N) is 1. The Morgan fingerprint density at radius 2 is 1.78 bits per heavy atom. The summed E-state index contributed by atoms with van der Waals surface area (Å²) in [5, 5.41) is 0. The molecule has 1 saturated heterocycles. The molecule has 3 aliphatic carbocycles. The smallest absolute Gasteiger partial charge is 0.161 e. The van der Waals surface area contributed by atoms with Gasteiger partial charge in [0.1, 0.15) is 26.2 Å². The molecular formula is C26H41BrNO4+. The minimum absolute atomic E-state index is 0.568. The Balaban J connectivity index is 1.32. The van der Waals surface area contributed by atoms with E-state index < -0.39 is 0 Å². The zero-order valence-electron chi connectivity index (χ0n) is 20.3. The second-order valence-corrected chi connectivity index (χ2v) is 11.5. The highest BCUT2D eigenvalue weighted by Gasteiger charge is 2.53. The summed E-state index contributed by atoms with van der Waals surface area (Å²) < 4.78 is 25.0. The van der Waals surface area contributed by atoms with Crippen LogP contribution in [0.4, 0.5) is 0 Å². The third-order valence-corrected chi connectivity index (χ3v) is 9.56. The number of methoxy groups -OCH3 is 2. The highest BCUT2D eigenvalue weighted by molar-refractivity contribution is 9.10. The van der Waals surface area contributed by atoms with E-state index in [0.717, 1.165) is 90.8 Å². The van der Waals surface area contributed by atoms with Gasteiger partial charge in [-0.15, -0.1) is 0 Å². The molecule has 0 amide bonds. The second kappa shape index (κ2) is 10.2. The van der Waals surface area contributed by atoms with Crippen LogP contribution in [-0.4, -0.2) is 64.8 Å². The zero-order chi connectivity index (χ0) is 22.8. The summed E-state index contributed by atoms with van der Waals surface area (Å²) in [6, 6.07) is 4.12. The highest BCUT2D eigenvalue weighted by atomic mass is 79.9. The molecule has 2 bridgehead atoms. The average Bonchev–Trinajstić information content (AvgIpc) is 2.80. The largest absolute Gasteiger partial charge is 0.493 e. The van der Waals surface area contributed by atoms with Crippen molar-refractivity contribution in [3.8, 4) is 11.5 Å². The maximum Gasteiger partial charge on any atom is 0.161 e. The van der Waals surface area contributed by atoms with E-state index in [0.29, 0.717) is 5.41 Å². The SMILES string of the molecule is COc1cc(Br)c(C[N+]2(CCOCC[C@H]3CC[C@H]4C[C@@H]3C4(C)C)CCOCC2)cc1OC. The van der Waals surface area contributed by atoms with E-state index in [1.807, 2.05) is 6.07 Å². The van der Waals surface area contributed by atoms with E-state index in [2.05, 4.69) is 35.8 Å². The van der Waals surface area contributed by atoms with Gasteiger partial charge in [0.2, 0.25) is 0 Å². The lowest BCUT2D eigenvalue weighted by atomic mass is 9.45. The Bertz CT molecular complexity index is 775. The predicted octanol–water partition coefficient (Wildman–Crippen LogP) is 5.29. The molecule has 3 saturated carbocycles. The molecule has 1 aromatic carbocycles. The van der Waals surface area contributed by atoms with E-state index in [-0.39, 0.29) is 0 Å². The minimum Gasteiger partial charge on any atom is -0.493 e. The summed E-state index contributed by atoms with van der Waals surface area (Å²) >= 11 is 3.75. The molecule has 0 unspecified atom stereocenters. The first-order chi connectivity index (χ1) is 15.4. The molecule has 0 N–H and O–H groups in total. The monoisotopic (exact) mass is 510 g/mol. The maximum absolute atomic E-state index is 6.23. The van der Waals surface area contributed by atoms with Crippen LogP contribution < -0.4 is 9.47 Å². The number of benzene rings is 1. The lowest BCUT2D eigenvalue weighted by molar-refractivity contribution is -0.947. The fraction of sp³-hybridized carbons (Fsp3) is 0.769. The van der Waals surface area contributed by atoms with Crippen molar-refractivity contribution >= 4 is 15.9 Å². The predicted molar refractivity (Wildman–Crippen MR) is 130 cm³/mol. The molecule has 1 aliphatic heterocycles. The van der Waals surface area contributed by atoms with Crippen LogP contribution in [-0.2, 0) is 16.0 Å². The summed E-state index contributed by atoms with van der Waals surface area (Å²) in [4.78, 5) is 0. The van der Waals surface area contributed by atoms with Crippen molar-refractivity contribution in [2.75, 3.05) is 60.3 Å². The normalized spacial score (nSPS) is 28.1. The number of hydrogen-bond acceptors (Lipinski definition) is 4. The van der Waals surface area contributed by atoms with Crippen molar-refractivity contribution in [1.29, 1.82) is 0 Å². The van der Waals surface area contributed by atoms with Crippen molar-refractivity contribution in [1.82, 2.24) is 0 Å². The standard InChI is InChI=1S/C26H41BrNO4/c1-26(2)21-6-5-19(22(26)16-21)7-11-31-12-8-28(9-13-32-14-10-28)18-20-15-24(29-3)25(30-4)17-23(20)27/h15,17,19,21-22H,5-14,16,18H2,1-4H3/q+1/t19-,21+,22+/m1/s1. The number of halogens is 1. The van der Waals surface area contributed by atoms with Gasteiger partial charge in [-0.1, -0.05) is 29.8 Å². The Hall–Kier alpha value is -0.820. The van der Waals surface area contributed by atoms with E-state index in [1.54, 1.807) is 14.2 Å². The number of quaternary nitrogens is 1. The first-order valence-corrected chi connectivity index (χ1v) is 13.1. The van der Waals surface area contributed by atoms with Crippen LogP contribution in [0.25, 0.3) is 0 Å². The van der Waals surface area contributed by atoms with Gasteiger partial charge in [0, 0.05) is 16.6 Å². The fourth-order valence-electron chi connectivity index (χ4n) is 6.47. The molecule has 4 fully saturated rings. The lowest BCUT2D eigenvalue weighted by Gasteiger charge is -2.60. The first kappa shape index (κ1) is 24.3. The molecular weight excluding hydrogens is 470 g/mol. The first-order valence-electron chi connectivity index (χ1n) is 12.3. The van der Waals surface area contributed by atoms with Crippen molar-refractivity contribution < 1.29 is 23.4 Å². The van der Waals surface area contributed by atoms with Gasteiger partial charge in [-0.3, -0.25) is 0 Å². The quantitative estimate of drug-likeness (QED) is 0.316. The van der Waals surface area contributed by atoms with Crippen LogP contribution in [0.3, 0.4) is 0 Å². The number of fused-ring (bicyclic) bond motifs is 2. The summed E-state index contributed by atoms with van der Waals surface area (Å²) in [6.45, 7) is 12.3. The number of ether oxygens (including phenoxy) is 4. The summed E-state index contributed by atoms with van der Waals surface area (Å²) in [5.74, 6) is 4.30. The van der Waals surface area contributed by atoms with Gasteiger partial charge in [-0.2, -0.15) is 0 Å². The minimum atomic E-state index is 0.568. The summed E-state index contributed by atoms with van der Waals surface area (Å²) in [6.07, 6.45) is 5.52. The van der Waals surface area contributed by atoms with Gasteiger partial charge in [-0.05, 0) is 61.0 Å². The fourth-order valence-corrected chi connectivity index (χ4v) is 6.92. The number of rotatable bonds is 10. The van der Waals surface area contributed by atoms with Crippen molar-refractivity contribution in [3.05, 3.63) is 22.2 Å². The number of morpholine rings is 1. The maximum atomic E-state index is 6.23. The molecule has 6 heteroatoms. The third-order valence-electron chi connectivity index (χ3n) is 8.82. The molecule has 180 valence electrons. The van der Waals surface area contributed by atoms with Crippen LogP contribution in [0, 0.1) is 23.2 Å². The molecule has 5 nitrogen and oxygen atoms in total. The molecule has 3 atom stereocenters. The number of hydrogen-bond donors (Lipinski definition) is 0. The van der Waals surface area contributed by atoms with E-state index in [9.17, 15) is 0 Å². The zero-order valence-corrected chi connectivity index (χ0v) is 21.9. The van der Waals surface area contributed by atoms with Gasteiger partial charge in [0.05, 0.1) is 34.0 Å². The van der Waals surface area contributed by atoms with E-state index >= 15 is 0 Å². The second-order valence-electron chi connectivity index (χ2n) is 10.7. The summed E-state index contributed by atoms with van der Waals surface area (Å²) in [5.41, 5.74) is 1.81. The Morgan fingerprint density at radius 1 is 1.06 bits per heavy atom. The van der Waals surface area contributed by atoms with Crippen molar-refractivity contribution in [2.24, 2.45) is 23.2 Å². The Kier molecular flexibility index (Phi) is 7.75. The Labute approximate surface area is 202 Å². The van der Waals surface area contributed by atoms with Crippen molar-refractivity contribution in [3.63, 3.8) is 0 Å². The van der Waals surface area contributed by atoms with Gasteiger partial charge < -0.3 is 23.4 Å². The van der Waals surface area contributed by atoms with Gasteiger partial charge in [0.25, 0.3) is 0 Å². The third kappa shape index (κ3) is 4.98. The molecule has 1 heterocycles. The van der Waals surface area contributed by atoms with Crippen LogP contribution in [0.1, 0.15) is 45.1 Å². The average molecular weight is 512 g/mol.